The Kier molecular flexibility index (Phi) is 4.25. The second-order valence-corrected chi connectivity index (χ2v) is 3.46. The largest absolute Gasteiger partial charge is 0.389 e. The van der Waals surface area contributed by atoms with Crippen molar-refractivity contribution >= 4 is 5.69 Å². The van der Waals surface area contributed by atoms with Crippen molar-refractivity contribution in [3.63, 3.8) is 0 Å². The summed E-state index contributed by atoms with van der Waals surface area (Å²) in [5, 5.41) is 37.8. The van der Waals surface area contributed by atoms with E-state index in [1.54, 1.807) is 0 Å². The van der Waals surface area contributed by atoms with Gasteiger partial charge in [0.05, 0.1) is 29.1 Å². The summed E-state index contributed by atoms with van der Waals surface area (Å²) in [7, 11) is 0. The van der Waals surface area contributed by atoms with Crippen LogP contribution in [0.1, 0.15) is 18.1 Å². The second-order valence-electron chi connectivity index (χ2n) is 3.46. The Morgan fingerprint density at radius 2 is 2.06 bits per heavy atom. The first-order chi connectivity index (χ1) is 8.38. The lowest BCUT2D eigenvalue weighted by atomic mass is 10.0. The Morgan fingerprint density at radius 1 is 1.44 bits per heavy atom. The first kappa shape index (κ1) is 14.0. The van der Waals surface area contributed by atoms with E-state index in [1.807, 2.05) is 0 Å². The molecule has 0 bridgehead atoms. The summed E-state index contributed by atoms with van der Waals surface area (Å²) in [5.74, 6) is -2.59. The smallest absolute Gasteiger partial charge is 0.310 e. The van der Waals surface area contributed by atoms with Gasteiger partial charge in [0.25, 0.3) is 0 Å². The molecule has 18 heavy (non-hydrogen) atoms. The van der Waals surface area contributed by atoms with E-state index in [9.17, 15) is 29.1 Å². The van der Waals surface area contributed by atoms with Crippen molar-refractivity contribution in [2.24, 2.45) is 0 Å². The fourth-order valence-electron chi connectivity index (χ4n) is 1.42. The molecule has 0 saturated heterocycles. The van der Waals surface area contributed by atoms with Gasteiger partial charge in [-0.2, -0.15) is 9.65 Å². The number of benzene rings is 1. The fourth-order valence-corrected chi connectivity index (χ4v) is 1.42. The van der Waals surface area contributed by atoms with Crippen molar-refractivity contribution in [2.75, 3.05) is 0 Å². The molecule has 96 valence electrons. The van der Waals surface area contributed by atoms with Gasteiger partial charge in [-0.15, -0.1) is 0 Å². The highest BCUT2D eigenvalue weighted by Gasteiger charge is 2.30. The van der Waals surface area contributed by atoms with E-state index in [2.05, 4.69) is 0 Å². The monoisotopic (exact) mass is 258 g/mol. The zero-order valence-electron chi connectivity index (χ0n) is 8.88. The molecular weight excluding hydrogens is 250 g/mol. The number of hydrogen-bond donors (Lipinski definition) is 2. The molecule has 0 aromatic heterocycles. The summed E-state index contributed by atoms with van der Waals surface area (Å²) in [4.78, 5) is 9.49. The van der Waals surface area contributed by atoms with Gasteiger partial charge in [-0.25, -0.2) is 4.39 Å². The van der Waals surface area contributed by atoms with Gasteiger partial charge in [-0.1, -0.05) is 0 Å². The van der Waals surface area contributed by atoms with E-state index in [1.165, 1.54) is 6.07 Å². The highest BCUT2D eigenvalue weighted by Crippen LogP contribution is 2.31. The van der Waals surface area contributed by atoms with Crippen LogP contribution in [0.5, 0.6) is 0 Å². The average Bonchev–Trinajstić information content (AvgIpc) is 2.26. The summed E-state index contributed by atoms with van der Waals surface area (Å²) in [6.45, 7) is 0. The molecule has 0 saturated carbocycles. The molecule has 0 aliphatic carbocycles. The molecule has 8 heteroatoms. The molecule has 2 unspecified atom stereocenters. The molecule has 0 radical (unpaired) electrons. The molecule has 0 spiro atoms. The fraction of sp³-hybridized carbons (Fsp3) is 0.300. The molecule has 1 aromatic rings. The second kappa shape index (κ2) is 5.48. The Hall–Kier alpha value is -2.11. The van der Waals surface area contributed by atoms with Crippen molar-refractivity contribution in [2.45, 2.75) is 18.6 Å². The van der Waals surface area contributed by atoms with E-state index in [0.717, 1.165) is 0 Å². The maximum absolute atomic E-state index is 13.2. The number of halogens is 2. The van der Waals surface area contributed by atoms with Crippen molar-refractivity contribution in [3.8, 4) is 6.07 Å². The van der Waals surface area contributed by atoms with Gasteiger partial charge in [-0.3, -0.25) is 10.1 Å². The predicted octanol–water partition coefficient (Wildman–Crippen LogP) is 1.18. The SMILES string of the molecule is N#CCC(O)C(O)c1cc(F)cc(F)c1[N+](=O)[O-]. The van der Waals surface area contributed by atoms with Crippen LogP contribution < -0.4 is 0 Å². The minimum Gasteiger partial charge on any atom is -0.389 e. The number of aliphatic hydroxyl groups is 2. The zero-order valence-corrected chi connectivity index (χ0v) is 8.88. The lowest BCUT2D eigenvalue weighted by Gasteiger charge is -2.15. The number of nitrogens with zero attached hydrogens (tertiary/aromatic N) is 2. The van der Waals surface area contributed by atoms with Crippen LogP contribution >= 0.6 is 0 Å². The number of hydrogen-bond acceptors (Lipinski definition) is 5. The van der Waals surface area contributed by atoms with Crippen LogP contribution in [0, 0.1) is 33.1 Å². The van der Waals surface area contributed by atoms with Crippen molar-refractivity contribution in [3.05, 3.63) is 39.4 Å². The number of nitriles is 1. The summed E-state index contributed by atoms with van der Waals surface area (Å²) in [5.41, 5.74) is -1.83. The quantitative estimate of drug-likeness (QED) is 0.622. The highest BCUT2D eigenvalue weighted by molar-refractivity contribution is 5.43. The molecule has 2 N–H and O–H groups in total. The highest BCUT2D eigenvalue weighted by atomic mass is 19.1. The van der Waals surface area contributed by atoms with Gasteiger partial charge in [0.15, 0.2) is 0 Å². The number of aliphatic hydroxyl groups excluding tert-OH is 2. The molecule has 0 aliphatic heterocycles. The molecule has 0 heterocycles. The third kappa shape index (κ3) is 2.77. The maximum Gasteiger partial charge on any atom is 0.310 e. The van der Waals surface area contributed by atoms with Gasteiger partial charge in [0.2, 0.25) is 5.82 Å². The molecular formula is C10H8F2N2O4. The Bertz CT molecular complexity index is 515. The lowest BCUT2D eigenvalue weighted by Crippen LogP contribution is -2.19. The van der Waals surface area contributed by atoms with Gasteiger partial charge in [0.1, 0.15) is 11.9 Å². The summed E-state index contributed by atoms with van der Waals surface area (Å²) < 4.78 is 26.2. The van der Waals surface area contributed by atoms with Gasteiger partial charge < -0.3 is 10.2 Å². The van der Waals surface area contributed by atoms with Crippen LogP contribution in [0.4, 0.5) is 14.5 Å². The zero-order chi connectivity index (χ0) is 13.9. The number of nitro groups is 1. The molecule has 0 fully saturated rings. The summed E-state index contributed by atoms with van der Waals surface area (Å²) in [6.07, 6.45) is -4.12. The van der Waals surface area contributed by atoms with Crippen LogP contribution in [0.3, 0.4) is 0 Å². The molecule has 1 aromatic carbocycles. The topological polar surface area (TPSA) is 107 Å². The van der Waals surface area contributed by atoms with Crippen molar-refractivity contribution in [1.29, 1.82) is 5.26 Å². The van der Waals surface area contributed by atoms with E-state index < -0.39 is 46.4 Å². The van der Waals surface area contributed by atoms with Gasteiger partial charge in [-0.05, 0) is 6.07 Å². The van der Waals surface area contributed by atoms with Crippen LogP contribution in [0.2, 0.25) is 0 Å². The van der Waals surface area contributed by atoms with E-state index >= 15 is 0 Å². The lowest BCUT2D eigenvalue weighted by molar-refractivity contribution is -0.389. The molecule has 0 amide bonds. The van der Waals surface area contributed by atoms with Crippen LogP contribution in [0.15, 0.2) is 12.1 Å². The van der Waals surface area contributed by atoms with Crippen LogP contribution in [0.25, 0.3) is 0 Å². The standard InChI is InChI=1S/C10H8F2N2O4/c11-5-3-6(10(16)8(15)1-2-13)9(14(17)18)7(12)4-5/h3-4,8,10,15-16H,1H2. The third-order valence-electron chi connectivity index (χ3n) is 2.22. The summed E-state index contributed by atoms with van der Waals surface area (Å²) >= 11 is 0. The molecule has 2 atom stereocenters. The van der Waals surface area contributed by atoms with E-state index in [4.69, 9.17) is 5.26 Å². The molecule has 6 nitrogen and oxygen atoms in total. The molecule has 0 aliphatic rings. The van der Waals surface area contributed by atoms with E-state index in [0.29, 0.717) is 12.1 Å². The maximum atomic E-state index is 13.2. The van der Waals surface area contributed by atoms with Crippen molar-refractivity contribution < 1.29 is 23.9 Å². The van der Waals surface area contributed by atoms with Gasteiger partial charge in [0, 0.05) is 6.07 Å². The first-order valence-corrected chi connectivity index (χ1v) is 4.75. The Balaban J connectivity index is 3.30. The van der Waals surface area contributed by atoms with Crippen LogP contribution in [-0.4, -0.2) is 21.2 Å². The van der Waals surface area contributed by atoms with Crippen molar-refractivity contribution in [1.82, 2.24) is 0 Å². The first-order valence-electron chi connectivity index (χ1n) is 4.75. The summed E-state index contributed by atoms with van der Waals surface area (Å²) in [6, 6.07) is 2.37. The Labute approximate surface area is 99.9 Å². The Morgan fingerprint density at radius 3 is 2.56 bits per heavy atom. The van der Waals surface area contributed by atoms with E-state index in [-0.39, 0.29) is 0 Å². The number of rotatable bonds is 4. The minimum atomic E-state index is -1.92. The normalized spacial score (nSPS) is 13.7. The van der Waals surface area contributed by atoms with Gasteiger partial charge >= 0.3 is 5.69 Å². The van der Waals surface area contributed by atoms with Crippen LogP contribution in [-0.2, 0) is 0 Å². The third-order valence-corrected chi connectivity index (χ3v) is 2.22. The molecule has 1 rings (SSSR count). The minimum absolute atomic E-state index is 0.297. The average molecular weight is 258 g/mol. The predicted molar refractivity (Wildman–Crippen MR) is 54.2 cm³/mol. The number of nitro benzene ring substituents is 1.